The molecule has 1 rings (SSSR count). The van der Waals surface area contributed by atoms with Crippen LogP contribution < -0.4 is 10.9 Å². The second-order valence-electron chi connectivity index (χ2n) is 3.33. The molecular formula is C11H10N4O2. The normalized spacial score (nSPS) is 9.12. The molecule has 0 aliphatic heterocycles. The lowest BCUT2D eigenvalue weighted by Gasteiger charge is -2.09. The molecule has 0 spiro atoms. The van der Waals surface area contributed by atoms with Crippen LogP contribution in [0.3, 0.4) is 0 Å². The van der Waals surface area contributed by atoms with Crippen LogP contribution in [0.15, 0.2) is 16.9 Å². The van der Waals surface area contributed by atoms with Crippen LogP contribution >= 0.6 is 0 Å². The van der Waals surface area contributed by atoms with Gasteiger partial charge in [-0.3, -0.25) is 9.59 Å². The Morgan fingerprint density at radius 1 is 1.47 bits per heavy atom. The van der Waals surface area contributed by atoms with Crippen molar-refractivity contribution in [3.63, 3.8) is 0 Å². The number of nitrogens with zero attached hydrogens (tertiary/aromatic N) is 3. The minimum atomic E-state index is -0.500. The third kappa shape index (κ3) is 2.93. The average Bonchev–Trinajstić information content (AvgIpc) is 2.32. The predicted octanol–water partition coefficient (Wildman–Crippen LogP) is -0.332. The van der Waals surface area contributed by atoms with E-state index < -0.39 is 11.5 Å². The molecule has 17 heavy (non-hydrogen) atoms. The van der Waals surface area contributed by atoms with Gasteiger partial charge in [0.1, 0.15) is 24.7 Å². The molecule has 0 saturated heterocycles. The number of carbonyl (C=O) groups is 1. The lowest BCUT2D eigenvalue weighted by Crippen LogP contribution is -2.34. The van der Waals surface area contributed by atoms with Gasteiger partial charge in [0.05, 0.1) is 6.07 Å². The molecule has 0 saturated carbocycles. The van der Waals surface area contributed by atoms with Crippen molar-refractivity contribution in [2.45, 2.75) is 13.5 Å². The summed E-state index contributed by atoms with van der Waals surface area (Å²) in [5.41, 5.74) is 0.0735. The van der Waals surface area contributed by atoms with Crippen LogP contribution in [-0.2, 0) is 11.3 Å². The Hall–Kier alpha value is -2.60. The van der Waals surface area contributed by atoms with Gasteiger partial charge in [0.15, 0.2) is 0 Å². The van der Waals surface area contributed by atoms with Crippen molar-refractivity contribution in [2.75, 3.05) is 6.54 Å². The molecule has 6 heteroatoms. The number of hydrogen-bond donors (Lipinski definition) is 1. The van der Waals surface area contributed by atoms with Gasteiger partial charge < -0.3 is 9.88 Å². The Balaban J connectivity index is 3.00. The maximum absolute atomic E-state index is 11.7. The Labute approximate surface area is 97.7 Å². The van der Waals surface area contributed by atoms with Crippen LogP contribution in [0, 0.1) is 29.6 Å². The predicted molar refractivity (Wildman–Crippen MR) is 58.8 cm³/mol. The molecule has 0 atom stereocenters. The maximum atomic E-state index is 11.7. The molecule has 0 bridgehead atoms. The topological polar surface area (TPSA) is 98.7 Å². The molecule has 1 heterocycles. The lowest BCUT2D eigenvalue weighted by atomic mass is 10.2. The molecule has 1 aromatic heterocycles. The Morgan fingerprint density at radius 3 is 2.76 bits per heavy atom. The van der Waals surface area contributed by atoms with Gasteiger partial charge in [0, 0.05) is 5.69 Å². The molecule has 1 N–H and O–H groups in total. The molecule has 0 aliphatic rings. The lowest BCUT2D eigenvalue weighted by molar-refractivity contribution is -0.121. The fourth-order valence-electron chi connectivity index (χ4n) is 1.29. The van der Waals surface area contributed by atoms with Gasteiger partial charge in [0.2, 0.25) is 5.91 Å². The monoisotopic (exact) mass is 230 g/mol. The van der Waals surface area contributed by atoms with E-state index >= 15 is 0 Å². The number of nitrogens with one attached hydrogen (secondary N) is 1. The number of aryl methyl sites for hydroxylation is 1. The molecule has 86 valence electrons. The van der Waals surface area contributed by atoms with Crippen molar-refractivity contribution < 1.29 is 4.79 Å². The first-order valence-electron chi connectivity index (χ1n) is 4.84. The van der Waals surface area contributed by atoms with Crippen molar-refractivity contribution in [3.8, 4) is 12.1 Å². The van der Waals surface area contributed by atoms with E-state index in [1.807, 2.05) is 0 Å². The number of carbonyl (C=O) groups excluding carboxylic acids is 1. The smallest absolute Gasteiger partial charge is 0.269 e. The molecule has 0 unspecified atom stereocenters. The van der Waals surface area contributed by atoms with E-state index in [0.29, 0.717) is 5.69 Å². The van der Waals surface area contributed by atoms with Crippen molar-refractivity contribution >= 4 is 5.91 Å². The maximum Gasteiger partial charge on any atom is 0.269 e. The van der Waals surface area contributed by atoms with E-state index in [-0.39, 0.29) is 18.7 Å². The summed E-state index contributed by atoms with van der Waals surface area (Å²) in [5, 5.41) is 19.3. The molecule has 1 amide bonds. The van der Waals surface area contributed by atoms with Gasteiger partial charge >= 0.3 is 0 Å². The van der Waals surface area contributed by atoms with Gasteiger partial charge in [-0.05, 0) is 19.1 Å². The first-order chi connectivity index (χ1) is 8.10. The second kappa shape index (κ2) is 5.47. The Kier molecular flexibility index (Phi) is 4.02. The van der Waals surface area contributed by atoms with E-state index in [0.717, 1.165) is 0 Å². The summed E-state index contributed by atoms with van der Waals surface area (Å²) in [5.74, 6) is -0.438. The van der Waals surface area contributed by atoms with Gasteiger partial charge in [-0.15, -0.1) is 0 Å². The third-order valence-corrected chi connectivity index (χ3v) is 2.18. The minimum Gasteiger partial charge on any atom is -0.341 e. The van der Waals surface area contributed by atoms with Gasteiger partial charge in [-0.25, -0.2) is 0 Å². The summed E-state index contributed by atoms with van der Waals surface area (Å²) < 4.78 is 1.20. The van der Waals surface area contributed by atoms with E-state index in [2.05, 4.69) is 5.32 Å². The second-order valence-corrected chi connectivity index (χ2v) is 3.33. The zero-order valence-electron chi connectivity index (χ0n) is 9.23. The van der Waals surface area contributed by atoms with Crippen LogP contribution in [0.5, 0.6) is 0 Å². The van der Waals surface area contributed by atoms with Gasteiger partial charge in [-0.2, -0.15) is 10.5 Å². The summed E-state index contributed by atoms with van der Waals surface area (Å²) >= 11 is 0. The molecule has 6 nitrogen and oxygen atoms in total. The zero-order valence-corrected chi connectivity index (χ0v) is 9.23. The van der Waals surface area contributed by atoms with Crippen molar-refractivity contribution in [1.29, 1.82) is 10.5 Å². The highest BCUT2D eigenvalue weighted by Gasteiger charge is 2.09. The number of rotatable bonds is 3. The van der Waals surface area contributed by atoms with Crippen molar-refractivity contribution in [3.05, 3.63) is 33.7 Å². The average molecular weight is 230 g/mol. The highest BCUT2D eigenvalue weighted by Crippen LogP contribution is 1.97. The number of aromatic nitrogens is 1. The summed E-state index contributed by atoms with van der Waals surface area (Å²) in [6.07, 6.45) is 0. The fourth-order valence-corrected chi connectivity index (χ4v) is 1.29. The quantitative estimate of drug-likeness (QED) is 0.718. The van der Waals surface area contributed by atoms with E-state index in [9.17, 15) is 9.59 Å². The van der Waals surface area contributed by atoms with Crippen LogP contribution in [0.1, 0.15) is 11.3 Å². The van der Waals surface area contributed by atoms with Crippen LogP contribution in [0.4, 0.5) is 0 Å². The third-order valence-electron chi connectivity index (χ3n) is 2.18. The number of hydrogen-bond acceptors (Lipinski definition) is 4. The summed E-state index contributed by atoms with van der Waals surface area (Å²) in [6, 6.07) is 6.54. The number of pyridine rings is 1. The summed E-state index contributed by atoms with van der Waals surface area (Å²) in [7, 11) is 0. The largest absolute Gasteiger partial charge is 0.341 e. The zero-order chi connectivity index (χ0) is 12.8. The molecule has 0 aromatic carbocycles. The highest BCUT2D eigenvalue weighted by atomic mass is 16.2. The SMILES string of the molecule is Cc1ccc(C#N)c(=O)n1CC(=O)NCC#N. The molecule has 0 aliphatic carbocycles. The van der Waals surface area contributed by atoms with Crippen LogP contribution in [0.25, 0.3) is 0 Å². The number of nitriles is 2. The summed E-state index contributed by atoms with van der Waals surface area (Å²) in [4.78, 5) is 23.1. The first kappa shape index (κ1) is 12.5. The van der Waals surface area contributed by atoms with E-state index in [1.54, 1.807) is 25.1 Å². The Bertz CT molecular complexity index is 575. The highest BCUT2D eigenvalue weighted by molar-refractivity contribution is 5.76. The number of amides is 1. The first-order valence-corrected chi connectivity index (χ1v) is 4.84. The van der Waals surface area contributed by atoms with Gasteiger partial charge in [0.25, 0.3) is 5.56 Å². The molecule has 1 aromatic rings. The molecular weight excluding hydrogens is 220 g/mol. The van der Waals surface area contributed by atoms with Crippen molar-refractivity contribution in [1.82, 2.24) is 9.88 Å². The fraction of sp³-hybridized carbons (Fsp3) is 0.273. The van der Waals surface area contributed by atoms with E-state index in [4.69, 9.17) is 10.5 Å². The van der Waals surface area contributed by atoms with Gasteiger partial charge in [-0.1, -0.05) is 0 Å². The molecule has 0 fully saturated rings. The Morgan fingerprint density at radius 2 is 2.18 bits per heavy atom. The minimum absolute atomic E-state index is 0.0105. The standard InChI is InChI=1S/C11H10N4O2/c1-8-2-3-9(6-13)11(17)15(8)7-10(16)14-5-4-12/h2-3H,5,7H2,1H3,(H,14,16). The van der Waals surface area contributed by atoms with Crippen LogP contribution in [-0.4, -0.2) is 17.0 Å². The van der Waals surface area contributed by atoms with E-state index in [1.165, 1.54) is 10.6 Å². The summed E-state index contributed by atoms with van der Waals surface area (Å²) in [6.45, 7) is 1.37. The van der Waals surface area contributed by atoms with Crippen LogP contribution in [0.2, 0.25) is 0 Å². The van der Waals surface area contributed by atoms with Crippen molar-refractivity contribution in [2.24, 2.45) is 0 Å². The molecule has 0 radical (unpaired) electrons.